The standard InChI is InChI=1S/C54H46N2/c1-35(2)48-33-51(55(40-20-7-5-8-21-40)42-27-26-37-16-11-12-18-39(37)32-42)46-30-28-45-49(36(3)4)34-52(47-31-29-44(48)53(46)54(45)47)56(41-22-9-6-10-23-41)50-25-15-19-38-17-13-14-24-43(38)50/h5-28,30-36,52H,29H2,1-4H3. The lowest BCUT2D eigenvalue weighted by molar-refractivity contribution is 0.832. The van der Waals surface area contributed by atoms with E-state index in [0.29, 0.717) is 11.8 Å². The summed E-state index contributed by atoms with van der Waals surface area (Å²) in [5.74, 6) is 0.693. The van der Waals surface area contributed by atoms with E-state index in [-0.39, 0.29) is 6.04 Å². The van der Waals surface area contributed by atoms with E-state index in [4.69, 9.17) is 0 Å². The first-order valence-corrected chi connectivity index (χ1v) is 20.2. The Morgan fingerprint density at radius 3 is 1.95 bits per heavy atom. The number of hydrogen-bond acceptors (Lipinski definition) is 2. The second kappa shape index (κ2) is 13.7. The highest BCUT2D eigenvalue weighted by Crippen LogP contribution is 2.53. The first kappa shape index (κ1) is 34.1. The Kier molecular flexibility index (Phi) is 8.37. The van der Waals surface area contributed by atoms with Gasteiger partial charge in [-0.05, 0) is 122 Å². The van der Waals surface area contributed by atoms with Gasteiger partial charge in [0, 0.05) is 33.5 Å². The van der Waals surface area contributed by atoms with Gasteiger partial charge in [0.1, 0.15) is 0 Å². The molecule has 0 spiro atoms. The third-order valence-electron chi connectivity index (χ3n) is 12.0. The summed E-state index contributed by atoms with van der Waals surface area (Å²) in [5, 5.41) is 7.71. The van der Waals surface area contributed by atoms with Gasteiger partial charge in [0.2, 0.25) is 0 Å². The van der Waals surface area contributed by atoms with Gasteiger partial charge in [-0.1, -0.05) is 155 Å². The van der Waals surface area contributed by atoms with Gasteiger partial charge in [-0.3, -0.25) is 0 Å². The Labute approximate surface area is 330 Å². The van der Waals surface area contributed by atoms with Crippen molar-refractivity contribution in [2.75, 3.05) is 9.80 Å². The lowest BCUT2D eigenvalue weighted by Crippen LogP contribution is -2.34. The molecule has 0 radical (unpaired) electrons. The van der Waals surface area contributed by atoms with Gasteiger partial charge in [0.25, 0.3) is 0 Å². The molecule has 8 aromatic carbocycles. The Morgan fingerprint density at radius 2 is 1.20 bits per heavy atom. The van der Waals surface area contributed by atoms with E-state index in [1.807, 2.05) is 0 Å². The summed E-state index contributed by atoms with van der Waals surface area (Å²) >= 11 is 0. The molecule has 272 valence electrons. The van der Waals surface area contributed by atoms with Crippen LogP contribution in [0.1, 0.15) is 55.9 Å². The zero-order chi connectivity index (χ0) is 37.9. The number of benzene rings is 8. The fraction of sp³-hybridized carbons (Fsp3) is 0.148. The maximum atomic E-state index is 2.60. The summed E-state index contributed by atoms with van der Waals surface area (Å²) in [6.45, 7) is 9.43. The summed E-state index contributed by atoms with van der Waals surface area (Å²) in [4.78, 5) is 5.09. The van der Waals surface area contributed by atoms with Gasteiger partial charge in [-0.25, -0.2) is 0 Å². The van der Waals surface area contributed by atoms with Gasteiger partial charge in [0.05, 0.1) is 11.7 Å². The predicted molar refractivity (Wildman–Crippen MR) is 241 cm³/mol. The first-order valence-electron chi connectivity index (χ1n) is 20.2. The maximum Gasteiger partial charge on any atom is 0.0785 e. The van der Waals surface area contributed by atoms with Crippen molar-refractivity contribution >= 4 is 71.9 Å². The molecule has 2 aliphatic rings. The fourth-order valence-corrected chi connectivity index (χ4v) is 9.47. The minimum absolute atomic E-state index is 0.00345. The zero-order valence-corrected chi connectivity index (χ0v) is 32.6. The average Bonchev–Trinajstić information content (AvgIpc) is 3.24. The van der Waals surface area contributed by atoms with E-state index in [1.165, 1.54) is 82.8 Å². The van der Waals surface area contributed by atoms with Crippen LogP contribution in [0.5, 0.6) is 0 Å². The van der Waals surface area contributed by atoms with E-state index in [0.717, 1.165) is 17.8 Å². The van der Waals surface area contributed by atoms with Crippen molar-refractivity contribution in [2.24, 2.45) is 5.92 Å². The van der Waals surface area contributed by atoms with Gasteiger partial charge < -0.3 is 9.80 Å². The van der Waals surface area contributed by atoms with Crippen LogP contribution in [0.2, 0.25) is 0 Å². The Hall–Kier alpha value is -6.38. The molecule has 0 heterocycles. The molecule has 8 aromatic rings. The lowest BCUT2D eigenvalue weighted by Gasteiger charge is -2.41. The van der Waals surface area contributed by atoms with Gasteiger partial charge in [-0.15, -0.1) is 0 Å². The molecule has 0 aliphatic heterocycles. The number of para-hydroxylation sites is 2. The molecule has 0 saturated heterocycles. The zero-order valence-electron chi connectivity index (χ0n) is 32.6. The highest BCUT2D eigenvalue weighted by atomic mass is 15.2. The van der Waals surface area contributed by atoms with Gasteiger partial charge >= 0.3 is 0 Å². The van der Waals surface area contributed by atoms with Crippen LogP contribution in [-0.2, 0) is 6.42 Å². The number of anilines is 5. The highest BCUT2D eigenvalue weighted by Gasteiger charge is 2.36. The van der Waals surface area contributed by atoms with Crippen molar-refractivity contribution in [3.05, 3.63) is 198 Å². The second-order valence-electron chi connectivity index (χ2n) is 16.0. The summed E-state index contributed by atoms with van der Waals surface area (Å²) in [5.41, 5.74) is 14.4. The van der Waals surface area contributed by atoms with E-state index < -0.39 is 0 Å². The van der Waals surface area contributed by atoms with Crippen molar-refractivity contribution in [2.45, 2.75) is 46.1 Å². The van der Waals surface area contributed by atoms with E-state index in [2.05, 4.69) is 213 Å². The minimum atomic E-state index is 0.00345. The molecule has 0 fully saturated rings. The topological polar surface area (TPSA) is 6.48 Å². The number of rotatable bonds is 8. The van der Waals surface area contributed by atoms with Crippen LogP contribution in [0.25, 0.3) is 43.5 Å². The number of allylic oxidation sites excluding steroid dienone is 2. The molecule has 1 unspecified atom stereocenters. The second-order valence-corrected chi connectivity index (χ2v) is 16.0. The maximum absolute atomic E-state index is 2.60. The van der Waals surface area contributed by atoms with Crippen molar-refractivity contribution in [3.63, 3.8) is 0 Å². The third kappa shape index (κ3) is 5.55. The summed E-state index contributed by atoms with van der Waals surface area (Å²) in [6, 6.07) is 60.5. The van der Waals surface area contributed by atoms with Crippen molar-refractivity contribution in [3.8, 4) is 0 Å². The highest BCUT2D eigenvalue weighted by molar-refractivity contribution is 6.13. The van der Waals surface area contributed by atoms with Crippen LogP contribution in [0.4, 0.5) is 28.4 Å². The summed E-state index contributed by atoms with van der Waals surface area (Å²) in [7, 11) is 0. The van der Waals surface area contributed by atoms with E-state index in [1.54, 1.807) is 0 Å². The monoisotopic (exact) mass is 722 g/mol. The number of nitrogens with zero attached hydrogens (tertiary/aromatic N) is 2. The van der Waals surface area contributed by atoms with Crippen LogP contribution < -0.4 is 9.80 Å². The van der Waals surface area contributed by atoms with E-state index >= 15 is 0 Å². The lowest BCUT2D eigenvalue weighted by atomic mass is 9.72. The van der Waals surface area contributed by atoms with Crippen LogP contribution in [0.3, 0.4) is 0 Å². The van der Waals surface area contributed by atoms with Crippen molar-refractivity contribution in [1.82, 2.24) is 0 Å². The molecule has 0 aromatic heterocycles. The van der Waals surface area contributed by atoms with Crippen LogP contribution in [0, 0.1) is 5.92 Å². The average molecular weight is 723 g/mol. The Morgan fingerprint density at radius 1 is 0.518 bits per heavy atom. The number of hydrogen-bond donors (Lipinski definition) is 0. The largest absolute Gasteiger partial charge is 0.330 e. The molecule has 2 aliphatic carbocycles. The van der Waals surface area contributed by atoms with Gasteiger partial charge in [0.15, 0.2) is 0 Å². The molecule has 2 heteroatoms. The molecule has 10 rings (SSSR count). The Bertz CT molecular complexity index is 2840. The van der Waals surface area contributed by atoms with Crippen molar-refractivity contribution < 1.29 is 0 Å². The minimum Gasteiger partial charge on any atom is -0.330 e. The predicted octanol–water partition coefficient (Wildman–Crippen LogP) is 14.9. The molecule has 56 heavy (non-hydrogen) atoms. The normalized spacial score (nSPS) is 14.7. The van der Waals surface area contributed by atoms with Crippen LogP contribution >= 0.6 is 0 Å². The van der Waals surface area contributed by atoms with Gasteiger partial charge in [-0.2, -0.15) is 0 Å². The fourth-order valence-electron chi connectivity index (χ4n) is 9.47. The molecule has 2 nitrogen and oxygen atoms in total. The third-order valence-corrected chi connectivity index (χ3v) is 12.0. The quantitative estimate of drug-likeness (QED) is 0.154. The van der Waals surface area contributed by atoms with E-state index in [9.17, 15) is 0 Å². The molecule has 0 saturated carbocycles. The molecular weight excluding hydrogens is 677 g/mol. The molecule has 0 amide bonds. The first-order chi connectivity index (χ1) is 27.5. The molecular formula is C54H46N2. The molecule has 0 bridgehead atoms. The molecule has 0 N–H and O–H groups in total. The Balaban J connectivity index is 1.26. The smallest absolute Gasteiger partial charge is 0.0785 e. The number of fused-ring (bicyclic) bond motifs is 2. The summed E-state index contributed by atoms with van der Waals surface area (Å²) < 4.78 is 0. The SMILES string of the molecule is CC(C)C1=CC(N(c2ccccc2)c2cccc3ccccc23)C2=CCc3c(C(C)C)cc(N(c4ccccc4)c4ccc5ccccc5c4)c4ccc1c2c34. The van der Waals surface area contributed by atoms with Crippen LogP contribution in [0.15, 0.2) is 176 Å². The van der Waals surface area contributed by atoms with Crippen molar-refractivity contribution in [1.29, 1.82) is 0 Å². The van der Waals surface area contributed by atoms with Crippen LogP contribution in [-0.4, -0.2) is 6.04 Å². The summed E-state index contributed by atoms with van der Waals surface area (Å²) in [6.07, 6.45) is 6.03. The molecule has 1 atom stereocenters.